The second-order valence-electron chi connectivity index (χ2n) is 6.75. The molecule has 3 atom stereocenters. The lowest BCUT2D eigenvalue weighted by molar-refractivity contribution is 0.117. The van der Waals surface area contributed by atoms with E-state index in [0.29, 0.717) is 5.41 Å². The number of benzene rings is 1. The normalized spacial score (nSPS) is 30.6. The quantitative estimate of drug-likeness (QED) is 0.833. The van der Waals surface area contributed by atoms with Gasteiger partial charge in [0.25, 0.3) is 0 Å². The van der Waals surface area contributed by atoms with E-state index < -0.39 is 0 Å². The van der Waals surface area contributed by atoms with Crippen molar-refractivity contribution in [3.05, 3.63) is 24.3 Å². The molecule has 0 saturated heterocycles. The fraction of sp³-hybridized carbons (Fsp3) is 0.667. The summed E-state index contributed by atoms with van der Waals surface area (Å²) in [6.45, 7) is 1.96. The minimum Gasteiger partial charge on any atom is -0.497 e. The van der Waals surface area contributed by atoms with Crippen LogP contribution >= 0.6 is 0 Å². The monoisotopic (exact) mass is 289 g/mol. The Balaban J connectivity index is 1.55. The molecule has 0 spiro atoms. The van der Waals surface area contributed by atoms with Crippen molar-refractivity contribution in [2.24, 2.45) is 17.3 Å². The summed E-state index contributed by atoms with van der Waals surface area (Å²) >= 11 is 0. The number of ether oxygens (including phenoxy) is 2. The first-order valence-electron chi connectivity index (χ1n) is 8.17. The predicted octanol–water partition coefficient (Wildman–Crippen LogP) is 3.49. The molecule has 3 unspecified atom stereocenters. The molecular weight excluding hydrogens is 262 g/mol. The van der Waals surface area contributed by atoms with Gasteiger partial charge in [0.15, 0.2) is 0 Å². The molecule has 2 bridgehead atoms. The molecule has 3 rings (SSSR count). The molecule has 116 valence electrons. The van der Waals surface area contributed by atoms with Crippen LogP contribution in [0.5, 0.6) is 11.5 Å². The van der Waals surface area contributed by atoms with E-state index >= 15 is 0 Å². The highest BCUT2D eigenvalue weighted by molar-refractivity contribution is 5.31. The minimum atomic E-state index is 0.476. The number of hydrogen-bond donors (Lipinski definition) is 1. The van der Waals surface area contributed by atoms with Crippen LogP contribution in [0.2, 0.25) is 0 Å². The van der Waals surface area contributed by atoms with Crippen molar-refractivity contribution in [3.8, 4) is 11.5 Å². The van der Waals surface area contributed by atoms with Crippen molar-refractivity contribution in [1.82, 2.24) is 5.32 Å². The molecule has 0 radical (unpaired) electrons. The van der Waals surface area contributed by atoms with Crippen molar-refractivity contribution in [3.63, 3.8) is 0 Å². The van der Waals surface area contributed by atoms with Gasteiger partial charge >= 0.3 is 0 Å². The molecule has 2 aliphatic rings. The minimum absolute atomic E-state index is 0.476. The number of methoxy groups -OCH3 is 1. The first kappa shape index (κ1) is 14.7. The zero-order valence-electron chi connectivity index (χ0n) is 13.2. The Labute approximate surface area is 128 Å². The van der Waals surface area contributed by atoms with Crippen LogP contribution in [0.3, 0.4) is 0 Å². The SMILES string of the molecule is CNCC1(CCOc2ccc(OC)cc2)CC2CCC1C2. The van der Waals surface area contributed by atoms with Gasteiger partial charge in [0.2, 0.25) is 0 Å². The van der Waals surface area contributed by atoms with Gasteiger partial charge in [-0.15, -0.1) is 0 Å². The molecule has 3 heteroatoms. The Morgan fingerprint density at radius 2 is 1.95 bits per heavy atom. The lowest BCUT2D eigenvalue weighted by Gasteiger charge is -2.37. The average molecular weight is 289 g/mol. The number of rotatable bonds is 7. The second-order valence-corrected chi connectivity index (χ2v) is 6.75. The van der Waals surface area contributed by atoms with Crippen LogP contribution in [-0.4, -0.2) is 27.3 Å². The Morgan fingerprint density at radius 3 is 2.52 bits per heavy atom. The smallest absolute Gasteiger partial charge is 0.119 e. The van der Waals surface area contributed by atoms with Crippen molar-refractivity contribution < 1.29 is 9.47 Å². The standard InChI is InChI=1S/C18H27NO2/c1-19-13-18(12-14-3-4-15(18)11-14)9-10-21-17-7-5-16(20-2)6-8-17/h5-8,14-15,19H,3-4,9-13H2,1-2H3. The van der Waals surface area contributed by atoms with Gasteiger partial charge in [0.05, 0.1) is 13.7 Å². The highest BCUT2D eigenvalue weighted by Crippen LogP contribution is 2.57. The summed E-state index contributed by atoms with van der Waals surface area (Å²) in [5.41, 5.74) is 0.476. The van der Waals surface area contributed by atoms with Gasteiger partial charge in [-0.25, -0.2) is 0 Å². The van der Waals surface area contributed by atoms with Crippen LogP contribution in [-0.2, 0) is 0 Å². The van der Waals surface area contributed by atoms with Gasteiger partial charge in [0.1, 0.15) is 11.5 Å². The third-order valence-corrected chi connectivity index (χ3v) is 5.56. The van der Waals surface area contributed by atoms with Gasteiger partial charge in [-0.1, -0.05) is 6.42 Å². The lowest BCUT2D eigenvalue weighted by Crippen LogP contribution is -2.38. The highest BCUT2D eigenvalue weighted by atomic mass is 16.5. The summed E-state index contributed by atoms with van der Waals surface area (Å²) in [7, 11) is 3.77. The third kappa shape index (κ3) is 3.03. The maximum Gasteiger partial charge on any atom is 0.119 e. The Bertz CT molecular complexity index is 459. The third-order valence-electron chi connectivity index (χ3n) is 5.56. The van der Waals surface area contributed by atoms with Crippen LogP contribution in [0.15, 0.2) is 24.3 Å². The highest BCUT2D eigenvalue weighted by Gasteiger charge is 2.49. The van der Waals surface area contributed by atoms with E-state index in [2.05, 4.69) is 12.4 Å². The van der Waals surface area contributed by atoms with E-state index in [0.717, 1.165) is 36.5 Å². The first-order chi connectivity index (χ1) is 10.3. The summed E-state index contributed by atoms with van der Waals surface area (Å²) in [4.78, 5) is 0. The number of nitrogens with one attached hydrogen (secondary N) is 1. The molecule has 1 aromatic carbocycles. The maximum atomic E-state index is 5.96. The molecule has 1 aromatic rings. The fourth-order valence-corrected chi connectivity index (χ4v) is 4.57. The molecule has 2 fully saturated rings. The lowest BCUT2D eigenvalue weighted by atomic mass is 9.71. The summed E-state index contributed by atoms with van der Waals surface area (Å²) < 4.78 is 11.1. The zero-order valence-corrected chi connectivity index (χ0v) is 13.2. The molecule has 21 heavy (non-hydrogen) atoms. The topological polar surface area (TPSA) is 30.5 Å². The fourth-order valence-electron chi connectivity index (χ4n) is 4.57. The molecule has 0 heterocycles. The maximum absolute atomic E-state index is 5.96. The summed E-state index contributed by atoms with van der Waals surface area (Å²) in [6.07, 6.45) is 6.89. The molecular formula is C18H27NO2. The van der Waals surface area contributed by atoms with E-state index in [4.69, 9.17) is 9.47 Å². The van der Waals surface area contributed by atoms with E-state index in [1.165, 1.54) is 32.1 Å². The number of hydrogen-bond acceptors (Lipinski definition) is 3. The molecule has 0 amide bonds. The average Bonchev–Trinajstić information content (AvgIpc) is 3.09. The molecule has 0 aliphatic heterocycles. The van der Waals surface area contributed by atoms with Crippen LogP contribution in [0.25, 0.3) is 0 Å². The van der Waals surface area contributed by atoms with Gasteiger partial charge in [-0.3, -0.25) is 0 Å². The summed E-state index contributed by atoms with van der Waals surface area (Å²) in [5, 5.41) is 3.43. The van der Waals surface area contributed by atoms with Crippen LogP contribution in [0, 0.1) is 17.3 Å². The van der Waals surface area contributed by atoms with Gasteiger partial charge in [-0.05, 0) is 74.2 Å². The largest absolute Gasteiger partial charge is 0.497 e. The van der Waals surface area contributed by atoms with Gasteiger partial charge < -0.3 is 14.8 Å². The first-order valence-corrected chi connectivity index (χ1v) is 8.17. The molecule has 2 aliphatic carbocycles. The van der Waals surface area contributed by atoms with Crippen molar-refractivity contribution in [2.45, 2.75) is 32.1 Å². The number of fused-ring (bicyclic) bond motifs is 2. The molecule has 2 saturated carbocycles. The van der Waals surface area contributed by atoms with Crippen molar-refractivity contribution in [2.75, 3.05) is 27.3 Å². The van der Waals surface area contributed by atoms with E-state index in [9.17, 15) is 0 Å². The van der Waals surface area contributed by atoms with Crippen LogP contribution in [0.4, 0.5) is 0 Å². The predicted molar refractivity (Wildman–Crippen MR) is 84.9 cm³/mol. The summed E-state index contributed by atoms with van der Waals surface area (Å²) in [5.74, 6) is 3.71. The van der Waals surface area contributed by atoms with Crippen LogP contribution < -0.4 is 14.8 Å². The van der Waals surface area contributed by atoms with Crippen molar-refractivity contribution in [1.29, 1.82) is 0 Å². The van der Waals surface area contributed by atoms with Crippen molar-refractivity contribution >= 4 is 0 Å². The Morgan fingerprint density at radius 1 is 1.19 bits per heavy atom. The zero-order chi connectivity index (χ0) is 14.7. The Kier molecular flexibility index (Phi) is 4.39. The molecule has 3 nitrogen and oxygen atoms in total. The molecule has 1 N–H and O–H groups in total. The van der Waals surface area contributed by atoms with Crippen LogP contribution in [0.1, 0.15) is 32.1 Å². The Hall–Kier alpha value is -1.22. The molecule has 0 aromatic heterocycles. The van der Waals surface area contributed by atoms with E-state index in [1.54, 1.807) is 7.11 Å². The van der Waals surface area contributed by atoms with Gasteiger partial charge in [0, 0.05) is 6.54 Å². The van der Waals surface area contributed by atoms with Gasteiger partial charge in [-0.2, -0.15) is 0 Å². The second kappa shape index (κ2) is 6.27. The summed E-state index contributed by atoms with van der Waals surface area (Å²) in [6, 6.07) is 7.89. The van der Waals surface area contributed by atoms with E-state index in [-0.39, 0.29) is 0 Å². The van der Waals surface area contributed by atoms with E-state index in [1.807, 2.05) is 24.3 Å².